The van der Waals surface area contributed by atoms with E-state index in [4.69, 9.17) is 15.7 Å². The molecule has 1 aliphatic heterocycles. The van der Waals surface area contributed by atoms with Crippen molar-refractivity contribution in [1.29, 1.82) is 0 Å². The first-order valence-corrected chi connectivity index (χ1v) is 11.9. The maximum absolute atomic E-state index is 13.5. The van der Waals surface area contributed by atoms with Crippen molar-refractivity contribution in [2.24, 2.45) is 5.92 Å². The Kier molecular flexibility index (Phi) is 8.06. The number of carbonyl (C=O) groups excluding carboxylic acids is 2. The Morgan fingerprint density at radius 1 is 1.42 bits per heavy atom. The van der Waals surface area contributed by atoms with Gasteiger partial charge in [0.25, 0.3) is 0 Å². The Labute approximate surface area is 198 Å². The fraction of sp³-hybridized carbons (Fsp3) is 0.458. The van der Waals surface area contributed by atoms with Crippen molar-refractivity contribution < 1.29 is 24.0 Å². The summed E-state index contributed by atoms with van der Waals surface area (Å²) in [6.45, 7) is 4.12. The minimum atomic E-state index is -0.785. The maximum Gasteiger partial charge on any atom is 0.243 e. The number of β-amino-alcohol motifs (C(OH)–C–C–N with tert-alkyl or cyclic N) is 1. The maximum atomic E-state index is 13.5. The zero-order chi connectivity index (χ0) is 24.1. The highest BCUT2D eigenvalue weighted by atomic mass is 32.2. The van der Waals surface area contributed by atoms with E-state index in [0.29, 0.717) is 22.1 Å². The quantitative estimate of drug-likeness (QED) is 0.450. The number of terminal acetylenes is 1. The first-order valence-electron chi connectivity index (χ1n) is 10.7. The number of methoxy groups -OCH3 is 1. The van der Waals surface area contributed by atoms with Crippen LogP contribution in [0, 0.1) is 18.3 Å². The topological polar surface area (TPSA) is 105 Å². The number of aliphatic hydroxyl groups excluding tert-OH is 1. The molecule has 1 fully saturated rings. The molecule has 0 unspecified atom stereocenters. The number of thioether (sulfide) groups is 1. The van der Waals surface area contributed by atoms with Crippen LogP contribution >= 0.6 is 11.8 Å². The van der Waals surface area contributed by atoms with Gasteiger partial charge in [0.2, 0.25) is 11.8 Å². The second-order valence-corrected chi connectivity index (χ2v) is 9.10. The molecule has 3 atom stereocenters. The summed E-state index contributed by atoms with van der Waals surface area (Å²) in [4.78, 5) is 28.0. The van der Waals surface area contributed by atoms with Crippen LogP contribution in [0.3, 0.4) is 0 Å². The lowest BCUT2D eigenvalue weighted by Crippen LogP contribution is -2.48. The number of ether oxygens (including phenoxy) is 1. The molecule has 1 aromatic heterocycles. The van der Waals surface area contributed by atoms with Crippen LogP contribution in [0.1, 0.15) is 43.1 Å². The fourth-order valence-electron chi connectivity index (χ4n) is 4.02. The SMILES string of the molecule is C#Cc1ccc(CNC(=O)[C@@H]2C[C@@H](O)CN2C(=O)[C@H](c2cc(SC)no2)C(C)C)c(OC)c1. The lowest BCUT2D eigenvalue weighted by atomic mass is 9.91. The summed E-state index contributed by atoms with van der Waals surface area (Å²) in [6, 6.07) is 6.26. The zero-order valence-electron chi connectivity index (χ0n) is 19.2. The molecule has 2 aromatic rings. The molecule has 0 aliphatic carbocycles. The van der Waals surface area contributed by atoms with Gasteiger partial charge in [0.05, 0.1) is 13.2 Å². The number of rotatable bonds is 8. The minimum absolute atomic E-state index is 0.0828. The van der Waals surface area contributed by atoms with Gasteiger partial charge < -0.3 is 24.6 Å². The summed E-state index contributed by atoms with van der Waals surface area (Å²) in [5.74, 6) is 2.29. The van der Waals surface area contributed by atoms with Gasteiger partial charge >= 0.3 is 0 Å². The van der Waals surface area contributed by atoms with Gasteiger partial charge in [0.1, 0.15) is 22.7 Å². The third-order valence-corrected chi connectivity index (χ3v) is 6.34. The van der Waals surface area contributed by atoms with E-state index in [1.165, 1.54) is 23.8 Å². The molecule has 2 heterocycles. The van der Waals surface area contributed by atoms with E-state index in [-0.39, 0.29) is 37.2 Å². The molecule has 0 radical (unpaired) electrons. The van der Waals surface area contributed by atoms with Gasteiger partial charge in [0.15, 0.2) is 5.76 Å². The highest BCUT2D eigenvalue weighted by Gasteiger charge is 2.43. The lowest BCUT2D eigenvalue weighted by molar-refractivity contribution is -0.141. The number of hydrogen-bond acceptors (Lipinski definition) is 7. The summed E-state index contributed by atoms with van der Waals surface area (Å²) >= 11 is 1.42. The predicted molar refractivity (Wildman–Crippen MR) is 125 cm³/mol. The third kappa shape index (κ3) is 5.52. The Morgan fingerprint density at radius 2 is 2.18 bits per heavy atom. The number of aromatic nitrogens is 1. The van der Waals surface area contributed by atoms with Crippen LogP contribution in [0.15, 0.2) is 33.8 Å². The number of nitrogens with zero attached hydrogens (tertiary/aromatic N) is 2. The summed E-state index contributed by atoms with van der Waals surface area (Å²) in [5.41, 5.74) is 1.43. The smallest absolute Gasteiger partial charge is 0.243 e. The first kappa shape index (κ1) is 24.7. The number of nitrogens with one attached hydrogen (secondary N) is 1. The Hall–Kier alpha value is -2.96. The van der Waals surface area contributed by atoms with Gasteiger partial charge in [-0.15, -0.1) is 18.2 Å². The highest BCUT2D eigenvalue weighted by molar-refractivity contribution is 7.98. The molecular formula is C24H29N3O5S. The predicted octanol–water partition coefficient (Wildman–Crippen LogP) is 2.40. The summed E-state index contributed by atoms with van der Waals surface area (Å²) in [6.07, 6.45) is 6.70. The molecule has 2 N–H and O–H groups in total. The summed E-state index contributed by atoms with van der Waals surface area (Å²) in [7, 11) is 1.53. The number of likely N-dealkylation sites (tertiary alicyclic amines) is 1. The largest absolute Gasteiger partial charge is 0.496 e. The number of aliphatic hydroxyl groups is 1. The molecule has 8 nitrogen and oxygen atoms in total. The van der Waals surface area contributed by atoms with Gasteiger partial charge in [-0.25, -0.2) is 0 Å². The van der Waals surface area contributed by atoms with Crippen LogP contribution in [-0.4, -0.2) is 59.0 Å². The van der Waals surface area contributed by atoms with E-state index in [1.54, 1.807) is 24.3 Å². The number of hydrogen-bond donors (Lipinski definition) is 2. The van der Waals surface area contributed by atoms with Crippen molar-refractivity contribution in [2.75, 3.05) is 19.9 Å². The van der Waals surface area contributed by atoms with E-state index in [2.05, 4.69) is 16.4 Å². The Bertz CT molecular complexity index is 1040. The van der Waals surface area contributed by atoms with E-state index >= 15 is 0 Å². The van der Waals surface area contributed by atoms with Crippen LogP contribution in [0.25, 0.3) is 0 Å². The van der Waals surface area contributed by atoms with Gasteiger partial charge in [-0.05, 0) is 24.3 Å². The average Bonchev–Trinajstić information content (AvgIpc) is 3.43. The van der Waals surface area contributed by atoms with Crippen molar-refractivity contribution in [2.45, 2.75) is 49.9 Å². The lowest BCUT2D eigenvalue weighted by Gasteiger charge is -2.28. The minimum Gasteiger partial charge on any atom is -0.496 e. The molecule has 1 aliphatic rings. The molecule has 2 amide bonds. The second-order valence-electron chi connectivity index (χ2n) is 8.28. The van der Waals surface area contributed by atoms with Gasteiger partial charge in [-0.3, -0.25) is 9.59 Å². The number of benzene rings is 1. The van der Waals surface area contributed by atoms with Crippen molar-refractivity contribution >= 4 is 23.6 Å². The Morgan fingerprint density at radius 3 is 2.79 bits per heavy atom. The molecule has 9 heteroatoms. The van der Waals surface area contributed by atoms with Crippen LogP contribution in [0.2, 0.25) is 0 Å². The second kappa shape index (κ2) is 10.8. The van der Waals surface area contributed by atoms with Gasteiger partial charge in [0, 0.05) is 36.7 Å². The summed E-state index contributed by atoms with van der Waals surface area (Å²) in [5, 5.41) is 17.8. The zero-order valence-corrected chi connectivity index (χ0v) is 20.0. The molecule has 1 aromatic carbocycles. The standard InChI is InChI=1S/C24H29N3O5S/c1-6-15-7-8-16(19(9-15)31-4)12-25-23(29)18-10-17(28)13-27(18)24(30)22(14(2)3)20-11-21(33-5)26-32-20/h1,7-9,11,14,17-18,22,28H,10,12-13H2,2-5H3,(H,25,29)/t17-,18+,22+/m1/s1. The molecule has 0 bridgehead atoms. The Balaban J connectivity index is 1.76. The number of amides is 2. The van der Waals surface area contributed by atoms with E-state index in [9.17, 15) is 14.7 Å². The molecule has 0 spiro atoms. The highest BCUT2D eigenvalue weighted by Crippen LogP contribution is 2.32. The third-order valence-electron chi connectivity index (χ3n) is 5.73. The normalized spacial score (nSPS) is 18.8. The molecule has 33 heavy (non-hydrogen) atoms. The van der Waals surface area contributed by atoms with Crippen molar-refractivity contribution in [3.05, 3.63) is 41.2 Å². The van der Waals surface area contributed by atoms with E-state index in [0.717, 1.165) is 5.56 Å². The van der Waals surface area contributed by atoms with Crippen LogP contribution in [0.4, 0.5) is 0 Å². The van der Waals surface area contributed by atoms with E-state index < -0.39 is 18.1 Å². The van der Waals surface area contributed by atoms with Gasteiger partial charge in [-0.2, -0.15) is 0 Å². The van der Waals surface area contributed by atoms with Crippen LogP contribution < -0.4 is 10.1 Å². The van der Waals surface area contributed by atoms with Crippen molar-refractivity contribution in [3.8, 4) is 18.1 Å². The molecule has 1 saturated heterocycles. The molecule has 176 valence electrons. The number of carbonyl (C=O) groups is 2. The van der Waals surface area contributed by atoms with Crippen LogP contribution in [-0.2, 0) is 16.1 Å². The van der Waals surface area contributed by atoms with Crippen molar-refractivity contribution in [3.63, 3.8) is 0 Å². The molecular weight excluding hydrogens is 442 g/mol. The van der Waals surface area contributed by atoms with Gasteiger partial charge in [-0.1, -0.05) is 31.0 Å². The monoisotopic (exact) mass is 471 g/mol. The molecule has 3 rings (SSSR count). The average molecular weight is 472 g/mol. The van der Waals surface area contributed by atoms with Crippen molar-refractivity contribution in [1.82, 2.24) is 15.4 Å². The summed E-state index contributed by atoms with van der Waals surface area (Å²) < 4.78 is 10.8. The van der Waals surface area contributed by atoms with Crippen LogP contribution in [0.5, 0.6) is 5.75 Å². The first-order chi connectivity index (χ1) is 15.8. The molecule has 0 saturated carbocycles. The van der Waals surface area contributed by atoms with E-state index in [1.807, 2.05) is 20.1 Å². The fourth-order valence-corrected chi connectivity index (χ4v) is 4.36.